The summed E-state index contributed by atoms with van der Waals surface area (Å²) in [4.78, 5) is 21.4. The van der Waals surface area contributed by atoms with Gasteiger partial charge in [0, 0.05) is 6.20 Å². The number of fused-ring (bicyclic) bond motifs is 1. The van der Waals surface area contributed by atoms with Crippen molar-refractivity contribution in [3.05, 3.63) is 73.3 Å². The van der Waals surface area contributed by atoms with Crippen molar-refractivity contribution in [1.29, 1.82) is 0 Å². The summed E-state index contributed by atoms with van der Waals surface area (Å²) in [5.41, 5.74) is 2.26. The fraction of sp³-hybridized carbons (Fsp3) is 0.105. The van der Waals surface area contributed by atoms with E-state index in [1.807, 2.05) is 19.9 Å². The van der Waals surface area contributed by atoms with Gasteiger partial charge in [-0.3, -0.25) is 4.57 Å². The standard InChI is InChI=1S/C19H12Cl3N3O2/c1-9-6-10(2)15-11(7-9)19(26)27-18(24-15)14-8-13(21)16(22)25(14)17-12(20)4-3-5-23-17/h3-8H,1-2H3. The van der Waals surface area contributed by atoms with Gasteiger partial charge in [-0.05, 0) is 49.2 Å². The summed E-state index contributed by atoms with van der Waals surface area (Å²) < 4.78 is 6.99. The first-order valence-electron chi connectivity index (χ1n) is 7.97. The molecule has 27 heavy (non-hydrogen) atoms. The second kappa shape index (κ2) is 6.68. The Kier molecular flexibility index (Phi) is 4.46. The Morgan fingerprint density at radius 2 is 1.85 bits per heavy atom. The van der Waals surface area contributed by atoms with Crippen molar-refractivity contribution in [3.63, 3.8) is 0 Å². The van der Waals surface area contributed by atoms with Gasteiger partial charge in [0.25, 0.3) is 0 Å². The molecule has 1 aromatic carbocycles. The Morgan fingerprint density at radius 3 is 2.59 bits per heavy atom. The number of nitrogens with zero attached hydrogens (tertiary/aromatic N) is 3. The fourth-order valence-corrected chi connectivity index (χ4v) is 3.62. The molecule has 0 unspecified atom stereocenters. The molecule has 0 aliphatic carbocycles. The van der Waals surface area contributed by atoms with Crippen LogP contribution in [0.1, 0.15) is 11.1 Å². The van der Waals surface area contributed by atoms with E-state index in [2.05, 4.69) is 9.97 Å². The number of hydrogen-bond donors (Lipinski definition) is 0. The number of aromatic nitrogens is 3. The molecule has 0 fully saturated rings. The van der Waals surface area contributed by atoms with Gasteiger partial charge in [-0.15, -0.1) is 0 Å². The highest BCUT2D eigenvalue weighted by molar-refractivity contribution is 6.42. The summed E-state index contributed by atoms with van der Waals surface area (Å²) in [6.45, 7) is 3.80. The number of hydrogen-bond acceptors (Lipinski definition) is 4. The van der Waals surface area contributed by atoms with Crippen molar-refractivity contribution in [3.8, 4) is 17.4 Å². The van der Waals surface area contributed by atoms with E-state index in [1.165, 1.54) is 4.57 Å². The lowest BCUT2D eigenvalue weighted by atomic mass is 10.1. The van der Waals surface area contributed by atoms with E-state index in [-0.39, 0.29) is 16.1 Å². The Morgan fingerprint density at radius 1 is 1.07 bits per heavy atom. The molecule has 8 heteroatoms. The van der Waals surface area contributed by atoms with Crippen molar-refractivity contribution in [1.82, 2.24) is 14.5 Å². The summed E-state index contributed by atoms with van der Waals surface area (Å²) in [6, 6.07) is 8.64. The Labute approximate surface area is 169 Å². The SMILES string of the molecule is Cc1cc(C)c2nc(-c3cc(Cl)c(Cl)n3-c3ncccc3Cl)oc(=O)c2c1. The molecule has 4 aromatic rings. The minimum atomic E-state index is -0.492. The summed E-state index contributed by atoms with van der Waals surface area (Å²) in [5, 5.41) is 1.24. The van der Waals surface area contributed by atoms with Gasteiger partial charge in [-0.2, -0.15) is 0 Å². The maximum atomic E-state index is 12.6. The van der Waals surface area contributed by atoms with Crippen LogP contribution in [0.4, 0.5) is 0 Å². The van der Waals surface area contributed by atoms with Gasteiger partial charge in [0.1, 0.15) is 10.8 Å². The van der Waals surface area contributed by atoms with Crippen LogP contribution in [0.3, 0.4) is 0 Å². The van der Waals surface area contributed by atoms with Gasteiger partial charge in [-0.1, -0.05) is 40.9 Å². The molecule has 0 atom stereocenters. The Hall–Kier alpha value is -2.34. The largest absolute Gasteiger partial charge is 0.401 e. The van der Waals surface area contributed by atoms with E-state index in [0.29, 0.717) is 27.4 Å². The lowest BCUT2D eigenvalue weighted by Crippen LogP contribution is -2.07. The topological polar surface area (TPSA) is 60.9 Å². The molecule has 5 nitrogen and oxygen atoms in total. The lowest BCUT2D eigenvalue weighted by Gasteiger charge is -2.11. The number of rotatable bonds is 2. The van der Waals surface area contributed by atoms with E-state index < -0.39 is 5.63 Å². The van der Waals surface area contributed by atoms with Gasteiger partial charge in [-0.25, -0.2) is 14.8 Å². The lowest BCUT2D eigenvalue weighted by molar-refractivity contribution is 0.514. The third-order valence-electron chi connectivity index (χ3n) is 4.14. The fourth-order valence-electron chi connectivity index (χ4n) is 3.00. The highest BCUT2D eigenvalue weighted by Gasteiger charge is 2.22. The predicted octanol–water partition coefficient (Wildman–Crippen LogP) is 5.62. The highest BCUT2D eigenvalue weighted by Crippen LogP contribution is 2.36. The van der Waals surface area contributed by atoms with Crippen molar-refractivity contribution in [2.75, 3.05) is 0 Å². The molecule has 0 aliphatic rings. The smallest absolute Gasteiger partial charge is 0.347 e. The Bertz CT molecular complexity index is 1260. The zero-order chi connectivity index (χ0) is 19.3. The van der Waals surface area contributed by atoms with Gasteiger partial charge < -0.3 is 4.42 Å². The summed E-state index contributed by atoms with van der Waals surface area (Å²) in [5.74, 6) is 0.436. The number of halogens is 3. The van der Waals surface area contributed by atoms with Crippen LogP contribution in [-0.2, 0) is 0 Å². The molecular formula is C19H12Cl3N3O2. The second-order valence-electron chi connectivity index (χ2n) is 6.10. The number of aryl methyl sites for hydroxylation is 2. The van der Waals surface area contributed by atoms with Crippen LogP contribution in [0, 0.1) is 13.8 Å². The minimum Gasteiger partial charge on any atom is -0.401 e. The first-order chi connectivity index (χ1) is 12.9. The maximum Gasteiger partial charge on any atom is 0.347 e. The van der Waals surface area contributed by atoms with Crippen molar-refractivity contribution in [2.45, 2.75) is 13.8 Å². The average Bonchev–Trinajstić information content (AvgIpc) is 2.91. The molecule has 0 spiro atoms. The number of pyridine rings is 1. The molecule has 3 aromatic heterocycles. The maximum absolute atomic E-state index is 12.6. The van der Waals surface area contributed by atoms with E-state index in [1.54, 1.807) is 30.5 Å². The summed E-state index contributed by atoms with van der Waals surface area (Å²) in [6.07, 6.45) is 1.58. The van der Waals surface area contributed by atoms with E-state index >= 15 is 0 Å². The summed E-state index contributed by atoms with van der Waals surface area (Å²) in [7, 11) is 0. The zero-order valence-corrected chi connectivity index (χ0v) is 16.5. The zero-order valence-electron chi connectivity index (χ0n) is 14.3. The predicted molar refractivity (Wildman–Crippen MR) is 107 cm³/mol. The van der Waals surface area contributed by atoms with Gasteiger partial charge in [0.05, 0.1) is 20.9 Å². The summed E-state index contributed by atoms with van der Waals surface area (Å²) >= 11 is 18.9. The Balaban J connectivity index is 2.05. The van der Waals surface area contributed by atoms with Crippen LogP contribution in [-0.4, -0.2) is 14.5 Å². The molecule has 0 saturated carbocycles. The second-order valence-corrected chi connectivity index (χ2v) is 7.27. The molecule has 4 rings (SSSR count). The van der Waals surface area contributed by atoms with Gasteiger partial charge in [0.15, 0.2) is 5.82 Å². The van der Waals surface area contributed by atoms with E-state index in [9.17, 15) is 4.79 Å². The van der Waals surface area contributed by atoms with Crippen LogP contribution >= 0.6 is 34.8 Å². The molecule has 0 N–H and O–H groups in total. The minimum absolute atomic E-state index is 0.0787. The quantitative estimate of drug-likeness (QED) is 0.422. The van der Waals surface area contributed by atoms with Crippen LogP contribution in [0.2, 0.25) is 15.2 Å². The van der Waals surface area contributed by atoms with Crippen LogP contribution < -0.4 is 5.63 Å². The van der Waals surface area contributed by atoms with Crippen molar-refractivity contribution in [2.24, 2.45) is 0 Å². The van der Waals surface area contributed by atoms with Crippen molar-refractivity contribution < 1.29 is 4.42 Å². The molecule has 0 amide bonds. The molecular weight excluding hydrogens is 409 g/mol. The van der Waals surface area contributed by atoms with Crippen LogP contribution in [0.15, 0.2) is 45.7 Å². The molecule has 3 heterocycles. The third-order valence-corrected chi connectivity index (χ3v) is 5.19. The van der Waals surface area contributed by atoms with E-state index in [0.717, 1.165) is 11.1 Å². The normalized spacial score (nSPS) is 11.3. The highest BCUT2D eigenvalue weighted by atomic mass is 35.5. The van der Waals surface area contributed by atoms with Crippen LogP contribution in [0.25, 0.3) is 28.3 Å². The van der Waals surface area contributed by atoms with Crippen molar-refractivity contribution >= 4 is 45.7 Å². The average molecular weight is 421 g/mol. The molecule has 0 radical (unpaired) electrons. The first-order valence-corrected chi connectivity index (χ1v) is 9.10. The van der Waals surface area contributed by atoms with E-state index in [4.69, 9.17) is 39.2 Å². The van der Waals surface area contributed by atoms with Gasteiger partial charge in [0.2, 0.25) is 5.89 Å². The first kappa shape index (κ1) is 18.0. The van der Waals surface area contributed by atoms with Crippen LogP contribution in [0.5, 0.6) is 0 Å². The molecule has 0 aliphatic heterocycles. The third kappa shape index (κ3) is 3.02. The number of benzene rings is 1. The monoisotopic (exact) mass is 419 g/mol. The molecule has 136 valence electrons. The van der Waals surface area contributed by atoms with Gasteiger partial charge >= 0.3 is 5.63 Å². The molecule has 0 saturated heterocycles. The molecule has 0 bridgehead atoms.